The Balaban J connectivity index is 1.18. The highest BCUT2D eigenvalue weighted by molar-refractivity contribution is 6.14. The minimum atomic E-state index is -4.49. The molecule has 8 rings (SSSR count). The van der Waals surface area contributed by atoms with Crippen LogP contribution in [0.3, 0.4) is 0 Å². The molecule has 0 saturated heterocycles. The van der Waals surface area contributed by atoms with Gasteiger partial charge in [-0.05, 0) is 115 Å². The van der Waals surface area contributed by atoms with Crippen molar-refractivity contribution in [2.45, 2.75) is 19.0 Å². The zero-order chi connectivity index (χ0) is 30.7. The second-order valence-electron chi connectivity index (χ2n) is 11.7. The van der Waals surface area contributed by atoms with Crippen molar-refractivity contribution in [3.8, 4) is 44.5 Å². The fourth-order valence-corrected chi connectivity index (χ4v) is 6.84. The Labute approximate surface area is 258 Å². The van der Waals surface area contributed by atoms with E-state index in [0.29, 0.717) is 5.56 Å². The highest BCUT2D eigenvalue weighted by atomic mass is 19.4. The predicted molar refractivity (Wildman–Crippen MR) is 176 cm³/mol. The van der Waals surface area contributed by atoms with E-state index in [2.05, 4.69) is 72.8 Å². The van der Waals surface area contributed by atoms with Gasteiger partial charge in [0.25, 0.3) is 0 Å². The largest absolute Gasteiger partial charge is 0.416 e. The third kappa shape index (κ3) is 4.78. The van der Waals surface area contributed by atoms with Crippen LogP contribution in [-0.2, 0) is 19.0 Å². The summed E-state index contributed by atoms with van der Waals surface area (Å²) in [5.74, 6) is -0.568. The molecule has 0 nitrogen and oxygen atoms in total. The summed E-state index contributed by atoms with van der Waals surface area (Å²) in [6.07, 6.45) is -2.57. The van der Waals surface area contributed by atoms with E-state index in [1.165, 1.54) is 62.0 Å². The van der Waals surface area contributed by atoms with E-state index in [0.717, 1.165) is 41.7 Å². The van der Waals surface area contributed by atoms with E-state index in [1.807, 2.05) is 18.2 Å². The average molecular weight is 595 g/mol. The van der Waals surface area contributed by atoms with Gasteiger partial charge in [-0.2, -0.15) is 13.2 Å². The minimum absolute atomic E-state index is 0.133. The number of hydrogen-bond donors (Lipinski definition) is 0. The predicted octanol–water partition coefficient (Wildman–Crippen LogP) is 11.9. The Morgan fingerprint density at radius 2 is 1.11 bits per heavy atom. The quantitative estimate of drug-likeness (QED) is 0.141. The van der Waals surface area contributed by atoms with Crippen LogP contribution in [0.25, 0.3) is 66.1 Å². The molecule has 0 atom stereocenters. The lowest BCUT2D eigenvalue weighted by atomic mass is 9.90. The van der Waals surface area contributed by atoms with E-state index < -0.39 is 17.6 Å². The van der Waals surface area contributed by atoms with E-state index in [-0.39, 0.29) is 11.1 Å². The summed E-state index contributed by atoms with van der Waals surface area (Å²) < 4.78 is 55.1. The second-order valence-corrected chi connectivity index (χ2v) is 11.7. The van der Waals surface area contributed by atoms with Gasteiger partial charge in [-0.3, -0.25) is 0 Å². The topological polar surface area (TPSA) is 0 Å². The maximum absolute atomic E-state index is 15.3. The number of fused-ring (bicyclic) bond motifs is 4. The molecular formula is C41H26F4. The minimum Gasteiger partial charge on any atom is -0.206 e. The third-order valence-corrected chi connectivity index (χ3v) is 9.03. The summed E-state index contributed by atoms with van der Waals surface area (Å²) in [6.45, 7) is 0. The molecule has 7 aromatic carbocycles. The molecule has 45 heavy (non-hydrogen) atoms. The summed E-state index contributed by atoms with van der Waals surface area (Å²) in [5, 5.41) is 5.12. The molecule has 0 saturated carbocycles. The number of halogens is 4. The molecule has 0 radical (unpaired) electrons. The first-order valence-corrected chi connectivity index (χ1v) is 15.0. The van der Waals surface area contributed by atoms with Crippen molar-refractivity contribution in [3.05, 3.63) is 156 Å². The van der Waals surface area contributed by atoms with Gasteiger partial charge in [-0.25, -0.2) is 4.39 Å². The molecule has 0 fully saturated rings. The standard InChI is InChI=1S/C41H26F4/c42-39-24-29(18-19-35(39)31-9-4-10-33(22-31)41(43,44)45)27-8-3-7-26(20-27)28-16-14-25-15-17-32-21-30-6-1-2-11-34(30)36-12-5-13-37(40(32)36)38(25)23-28/h1-14,16,18-24H,15,17H2. The van der Waals surface area contributed by atoms with Gasteiger partial charge in [0.05, 0.1) is 5.56 Å². The SMILES string of the molecule is Fc1cc(-c2cccc(-c3ccc4c(c3)-c3cccc5c3c(cc3ccccc35)CC4)c2)ccc1-c1cccc(C(F)(F)F)c1. The molecule has 1 aliphatic rings. The molecule has 0 amide bonds. The van der Waals surface area contributed by atoms with Crippen molar-refractivity contribution in [2.24, 2.45) is 0 Å². The second kappa shape index (κ2) is 10.4. The lowest BCUT2D eigenvalue weighted by Gasteiger charge is -2.14. The van der Waals surface area contributed by atoms with Gasteiger partial charge >= 0.3 is 6.18 Å². The molecule has 0 bridgehead atoms. The Bertz CT molecular complexity index is 2280. The van der Waals surface area contributed by atoms with Crippen molar-refractivity contribution in [3.63, 3.8) is 0 Å². The van der Waals surface area contributed by atoms with Crippen molar-refractivity contribution in [1.29, 1.82) is 0 Å². The smallest absolute Gasteiger partial charge is 0.206 e. The number of rotatable bonds is 3. The average Bonchev–Trinajstić information content (AvgIpc) is 3.22. The number of benzene rings is 7. The Morgan fingerprint density at radius 1 is 0.444 bits per heavy atom. The van der Waals surface area contributed by atoms with Gasteiger partial charge in [-0.15, -0.1) is 0 Å². The Kier molecular flexibility index (Phi) is 6.35. The van der Waals surface area contributed by atoms with Crippen LogP contribution in [0.2, 0.25) is 0 Å². The lowest BCUT2D eigenvalue weighted by Crippen LogP contribution is -2.04. The van der Waals surface area contributed by atoms with Crippen LogP contribution in [0, 0.1) is 5.82 Å². The van der Waals surface area contributed by atoms with Crippen molar-refractivity contribution >= 4 is 21.5 Å². The van der Waals surface area contributed by atoms with Crippen LogP contribution in [0.1, 0.15) is 16.7 Å². The lowest BCUT2D eigenvalue weighted by molar-refractivity contribution is -0.137. The van der Waals surface area contributed by atoms with Crippen molar-refractivity contribution in [2.75, 3.05) is 0 Å². The van der Waals surface area contributed by atoms with Gasteiger partial charge in [0.15, 0.2) is 0 Å². The van der Waals surface area contributed by atoms with Crippen LogP contribution in [0.4, 0.5) is 17.6 Å². The molecule has 0 heterocycles. The Hall–Kier alpha value is -5.22. The maximum atomic E-state index is 15.3. The van der Waals surface area contributed by atoms with Gasteiger partial charge < -0.3 is 0 Å². The molecule has 0 aromatic heterocycles. The first-order valence-electron chi connectivity index (χ1n) is 15.0. The zero-order valence-electron chi connectivity index (χ0n) is 24.1. The van der Waals surface area contributed by atoms with Gasteiger partial charge in [0.1, 0.15) is 5.82 Å². The summed E-state index contributed by atoms with van der Waals surface area (Å²) in [6, 6.07) is 41.6. The van der Waals surface area contributed by atoms with Crippen LogP contribution >= 0.6 is 0 Å². The van der Waals surface area contributed by atoms with Crippen LogP contribution in [0.5, 0.6) is 0 Å². The van der Waals surface area contributed by atoms with Crippen LogP contribution in [0.15, 0.2) is 133 Å². The normalized spacial score (nSPS) is 12.7. The molecule has 0 unspecified atom stereocenters. The Morgan fingerprint density at radius 3 is 1.93 bits per heavy atom. The maximum Gasteiger partial charge on any atom is 0.416 e. The van der Waals surface area contributed by atoms with Crippen LogP contribution in [-0.4, -0.2) is 0 Å². The summed E-state index contributed by atoms with van der Waals surface area (Å²) in [7, 11) is 0. The molecule has 0 aliphatic heterocycles. The third-order valence-electron chi connectivity index (χ3n) is 9.03. The summed E-state index contributed by atoms with van der Waals surface area (Å²) in [4.78, 5) is 0. The van der Waals surface area contributed by atoms with E-state index in [4.69, 9.17) is 0 Å². The van der Waals surface area contributed by atoms with Gasteiger partial charge in [0.2, 0.25) is 0 Å². The molecule has 1 aliphatic carbocycles. The van der Waals surface area contributed by atoms with Gasteiger partial charge in [0, 0.05) is 5.56 Å². The number of alkyl halides is 3. The molecule has 218 valence electrons. The van der Waals surface area contributed by atoms with E-state index >= 15 is 4.39 Å². The van der Waals surface area contributed by atoms with Gasteiger partial charge in [-0.1, -0.05) is 103 Å². The summed E-state index contributed by atoms with van der Waals surface area (Å²) in [5.41, 5.74) is 8.24. The van der Waals surface area contributed by atoms with Crippen LogP contribution < -0.4 is 0 Å². The summed E-state index contributed by atoms with van der Waals surface area (Å²) >= 11 is 0. The van der Waals surface area contributed by atoms with Crippen molar-refractivity contribution < 1.29 is 17.6 Å². The first-order chi connectivity index (χ1) is 21.8. The highest BCUT2D eigenvalue weighted by Crippen LogP contribution is 2.42. The molecule has 4 heteroatoms. The molecule has 0 N–H and O–H groups in total. The van der Waals surface area contributed by atoms with Crippen molar-refractivity contribution in [1.82, 2.24) is 0 Å². The number of aryl methyl sites for hydroxylation is 2. The fourth-order valence-electron chi connectivity index (χ4n) is 6.84. The first kappa shape index (κ1) is 27.3. The molecule has 0 spiro atoms. The molecular weight excluding hydrogens is 568 g/mol. The highest BCUT2D eigenvalue weighted by Gasteiger charge is 2.30. The molecule has 7 aromatic rings. The fraction of sp³-hybridized carbons (Fsp3) is 0.0732. The zero-order valence-corrected chi connectivity index (χ0v) is 24.1. The monoisotopic (exact) mass is 594 g/mol. The van der Waals surface area contributed by atoms with E-state index in [1.54, 1.807) is 12.1 Å². The van der Waals surface area contributed by atoms with E-state index in [9.17, 15) is 13.2 Å². The number of hydrogen-bond acceptors (Lipinski definition) is 0.